The van der Waals surface area contributed by atoms with Gasteiger partial charge in [0.25, 0.3) is 5.82 Å². The third-order valence-electron chi connectivity index (χ3n) is 2.36. The third-order valence-corrected chi connectivity index (χ3v) is 2.36. The van der Waals surface area contributed by atoms with Crippen molar-refractivity contribution in [3.63, 3.8) is 0 Å². The molecule has 0 unspecified atom stereocenters. The average molecular weight is 297 g/mol. The van der Waals surface area contributed by atoms with Crippen LogP contribution in [0.3, 0.4) is 0 Å². The fraction of sp³-hybridized carbons (Fsp3) is 0.182. The van der Waals surface area contributed by atoms with Crippen molar-refractivity contribution < 1.29 is 22.7 Å². The van der Waals surface area contributed by atoms with Crippen LogP contribution >= 0.6 is 0 Å². The van der Waals surface area contributed by atoms with Gasteiger partial charge in [0.05, 0.1) is 12.7 Å². The molecular weight excluding hydrogens is 291 g/mol. The number of alkyl halides is 3. The number of aromatic nitrogens is 4. The summed E-state index contributed by atoms with van der Waals surface area (Å²) in [5.74, 6) is -1.60. The SMILES string of the molecule is COC(=O)c1ncn(-c2nc(C(F)(F)F)ccc2C#N)n1. The molecule has 0 N–H and O–H groups in total. The lowest BCUT2D eigenvalue weighted by molar-refractivity contribution is -0.141. The van der Waals surface area contributed by atoms with E-state index in [1.54, 1.807) is 6.07 Å². The van der Waals surface area contributed by atoms with Gasteiger partial charge in [0, 0.05) is 0 Å². The molecule has 0 amide bonds. The molecule has 0 aromatic carbocycles. The zero-order chi connectivity index (χ0) is 15.6. The minimum Gasteiger partial charge on any atom is -0.463 e. The van der Waals surface area contributed by atoms with Crippen LogP contribution in [0.25, 0.3) is 5.82 Å². The van der Waals surface area contributed by atoms with Gasteiger partial charge in [-0.2, -0.15) is 18.4 Å². The fourth-order valence-electron chi connectivity index (χ4n) is 1.42. The molecule has 108 valence electrons. The second-order valence-corrected chi connectivity index (χ2v) is 3.68. The smallest absolute Gasteiger partial charge is 0.433 e. The number of methoxy groups -OCH3 is 1. The molecule has 0 fully saturated rings. The quantitative estimate of drug-likeness (QED) is 0.776. The van der Waals surface area contributed by atoms with E-state index in [0.29, 0.717) is 6.07 Å². The topological polar surface area (TPSA) is 93.7 Å². The molecule has 0 bridgehead atoms. The van der Waals surface area contributed by atoms with Crippen LogP contribution < -0.4 is 0 Å². The number of carbonyl (C=O) groups is 1. The highest BCUT2D eigenvalue weighted by atomic mass is 19.4. The summed E-state index contributed by atoms with van der Waals surface area (Å²) in [5, 5.41) is 12.5. The summed E-state index contributed by atoms with van der Waals surface area (Å²) in [5.41, 5.74) is -1.34. The largest absolute Gasteiger partial charge is 0.463 e. The molecular formula is C11H6F3N5O2. The molecule has 7 nitrogen and oxygen atoms in total. The molecule has 21 heavy (non-hydrogen) atoms. The molecule has 0 aliphatic heterocycles. The lowest BCUT2D eigenvalue weighted by Crippen LogP contribution is -2.12. The zero-order valence-electron chi connectivity index (χ0n) is 10.4. The summed E-state index contributed by atoms with van der Waals surface area (Å²) < 4.78 is 43.1. The van der Waals surface area contributed by atoms with Gasteiger partial charge in [-0.1, -0.05) is 0 Å². The summed E-state index contributed by atoms with van der Waals surface area (Å²) in [4.78, 5) is 18.1. The van der Waals surface area contributed by atoms with Crippen LogP contribution in [0.15, 0.2) is 18.5 Å². The summed E-state index contributed by atoms with van der Waals surface area (Å²) >= 11 is 0. The molecule has 0 saturated carbocycles. The maximum atomic E-state index is 12.6. The van der Waals surface area contributed by atoms with Crippen LogP contribution in [0.2, 0.25) is 0 Å². The van der Waals surface area contributed by atoms with Crippen molar-refractivity contribution in [2.45, 2.75) is 6.18 Å². The maximum absolute atomic E-state index is 12.6. The normalized spacial score (nSPS) is 11.0. The fourth-order valence-corrected chi connectivity index (χ4v) is 1.42. The molecule has 2 rings (SSSR count). The van der Waals surface area contributed by atoms with Crippen molar-refractivity contribution in [3.05, 3.63) is 35.5 Å². The summed E-state index contributed by atoms with van der Waals surface area (Å²) in [7, 11) is 1.10. The Hall–Kier alpha value is -2.96. The highest BCUT2D eigenvalue weighted by molar-refractivity contribution is 5.84. The Bertz CT molecular complexity index is 732. The van der Waals surface area contributed by atoms with E-state index in [2.05, 4.69) is 19.8 Å². The number of hydrogen-bond acceptors (Lipinski definition) is 6. The zero-order valence-corrected chi connectivity index (χ0v) is 10.4. The van der Waals surface area contributed by atoms with Crippen LogP contribution in [-0.2, 0) is 10.9 Å². The predicted molar refractivity (Wildman–Crippen MR) is 60.2 cm³/mol. The summed E-state index contributed by atoms with van der Waals surface area (Å²) in [6, 6.07) is 3.33. The van der Waals surface area contributed by atoms with Gasteiger partial charge in [-0.05, 0) is 12.1 Å². The van der Waals surface area contributed by atoms with Crippen molar-refractivity contribution in [1.29, 1.82) is 5.26 Å². The van der Waals surface area contributed by atoms with Crippen molar-refractivity contribution in [2.75, 3.05) is 7.11 Å². The standard InChI is InChI=1S/C11H6F3N5O2/c1-21-10(20)8-16-5-19(18-8)9-6(4-15)2-3-7(17-9)11(12,13)14/h2-3,5H,1H3. The summed E-state index contributed by atoms with van der Waals surface area (Å²) in [6.07, 6.45) is -3.70. The van der Waals surface area contributed by atoms with E-state index < -0.39 is 17.8 Å². The van der Waals surface area contributed by atoms with Crippen molar-refractivity contribution in [3.8, 4) is 11.9 Å². The lowest BCUT2D eigenvalue weighted by Gasteiger charge is -2.08. The molecule has 10 heteroatoms. The first-order chi connectivity index (χ1) is 9.86. The predicted octanol–water partition coefficient (Wildman–Crippen LogP) is 1.34. The van der Waals surface area contributed by atoms with Gasteiger partial charge in [0.1, 0.15) is 18.1 Å². The Morgan fingerprint density at radius 3 is 2.71 bits per heavy atom. The van der Waals surface area contributed by atoms with Crippen molar-refractivity contribution in [2.24, 2.45) is 0 Å². The van der Waals surface area contributed by atoms with Gasteiger partial charge in [0.15, 0.2) is 5.82 Å². The molecule has 2 aromatic rings. The molecule has 2 heterocycles. The highest BCUT2D eigenvalue weighted by Crippen LogP contribution is 2.28. The third kappa shape index (κ3) is 2.81. The van der Waals surface area contributed by atoms with Gasteiger partial charge in [0.2, 0.25) is 0 Å². The number of esters is 1. The van der Waals surface area contributed by atoms with Crippen LogP contribution in [0.1, 0.15) is 21.9 Å². The van der Waals surface area contributed by atoms with Gasteiger partial charge in [-0.15, -0.1) is 5.10 Å². The average Bonchev–Trinajstić information content (AvgIpc) is 2.94. The number of halogens is 3. The lowest BCUT2D eigenvalue weighted by atomic mass is 10.2. The number of ether oxygens (including phenoxy) is 1. The molecule has 2 aromatic heterocycles. The molecule has 0 spiro atoms. The van der Waals surface area contributed by atoms with Crippen molar-refractivity contribution in [1.82, 2.24) is 19.7 Å². The van der Waals surface area contributed by atoms with E-state index in [1.165, 1.54) is 0 Å². The van der Waals surface area contributed by atoms with E-state index in [0.717, 1.165) is 24.2 Å². The Kier molecular flexibility index (Phi) is 3.58. The minimum absolute atomic E-state index is 0.149. The number of rotatable bonds is 2. The van der Waals surface area contributed by atoms with E-state index in [9.17, 15) is 18.0 Å². The number of nitriles is 1. The minimum atomic E-state index is -4.67. The maximum Gasteiger partial charge on any atom is 0.433 e. The number of nitrogens with zero attached hydrogens (tertiary/aromatic N) is 5. The molecule has 0 atom stereocenters. The second kappa shape index (κ2) is 5.20. The molecule has 0 radical (unpaired) electrons. The van der Waals surface area contributed by atoms with Crippen molar-refractivity contribution >= 4 is 5.97 Å². The number of hydrogen-bond donors (Lipinski definition) is 0. The monoisotopic (exact) mass is 297 g/mol. The van der Waals surface area contributed by atoms with Crippen LogP contribution in [0.5, 0.6) is 0 Å². The van der Waals surface area contributed by atoms with E-state index >= 15 is 0 Å². The Labute approximate surface area is 115 Å². The highest BCUT2D eigenvalue weighted by Gasteiger charge is 2.33. The van der Waals surface area contributed by atoms with Crippen LogP contribution in [0, 0.1) is 11.3 Å². The van der Waals surface area contributed by atoms with Gasteiger partial charge < -0.3 is 4.74 Å². The first kappa shape index (κ1) is 14.4. The summed E-state index contributed by atoms with van der Waals surface area (Å²) in [6.45, 7) is 0. The van der Waals surface area contributed by atoms with E-state index in [1.807, 2.05) is 0 Å². The van der Waals surface area contributed by atoms with Gasteiger partial charge >= 0.3 is 12.1 Å². The molecule has 0 aliphatic rings. The van der Waals surface area contributed by atoms with Crippen LogP contribution in [-0.4, -0.2) is 32.8 Å². The number of pyridine rings is 1. The molecule has 0 saturated heterocycles. The Balaban J connectivity index is 2.54. The van der Waals surface area contributed by atoms with Gasteiger partial charge in [-0.25, -0.2) is 19.4 Å². The molecule has 0 aliphatic carbocycles. The first-order valence-corrected chi connectivity index (χ1v) is 5.35. The van der Waals surface area contributed by atoms with E-state index in [4.69, 9.17) is 5.26 Å². The first-order valence-electron chi connectivity index (χ1n) is 5.35. The second-order valence-electron chi connectivity index (χ2n) is 3.68. The Morgan fingerprint density at radius 1 is 1.43 bits per heavy atom. The van der Waals surface area contributed by atoms with E-state index in [-0.39, 0.29) is 17.2 Å². The number of carbonyl (C=O) groups excluding carboxylic acids is 1. The van der Waals surface area contributed by atoms with Crippen LogP contribution in [0.4, 0.5) is 13.2 Å². The van der Waals surface area contributed by atoms with Gasteiger partial charge in [-0.3, -0.25) is 0 Å². The Morgan fingerprint density at radius 2 is 2.14 bits per heavy atom.